The van der Waals surface area contributed by atoms with Gasteiger partial charge in [-0.2, -0.15) is 13.2 Å². The summed E-state index contributed by atoms with van der Waals surface area (Å²) in [4.78, 5) is 12.5. The summed E-state index contributed by atoms with van der Waals surface area (Å²) in [7, 11) is 0. The van der Waals surface area contributed by atoms with Gasteiger partial charge in [0.15, 0.2) is 0 Å². The summed E-state index contributed by atoms with van der Waals surface area (Å²) in [5, 5.41) is 0. The van der Waals surface area contributed by atoms with Crippen LogP contribution < -0.4 is 5.73 Å². The molecule has 0 spiro atoms. The molecule has 7 heteroatoms. The van der Waals surface area contributed by atoms with E-state index in [-0.39, 0.29) is 5.95 Å². The molecular weight excluding hydrogens is 317 g/mol. The number of nitrogen functional groups attached to an aromatic ring is 1. The van der Waals surface area contributed by atoms with Crippen molar-refractivity contribution in [3.8, 4) is 22.5 Å². The molecule has 0 aliphatic rings. The average molecular weight is 330 g/mol. The minimum absolute atomic E-state index is 0.000377. The molecular formula is C17H13F3N4. The fraction of sp³-hybridized carbons (Fsp3) is 0.118. The molecule has 122 valence electrons. The van der Waals surface area contributed by atoms with Crippen LogP contribution in [0.25, 0.3) is 22.5 Å². The topological polar surface area (TPSA) is 64.7 Å². The van der Waals surface area contributed by atoms with Crippen molar-refractivity contribution in [2.45, 2.75) is 13.1 Å². The number of nitrogens with zero attached hydrogens (tertiary/aromatic N) is 3. The lowest BCUT2D eigenvalue weighted by atomic mass is 10.00. The van der Waals surface area contributed by atoms with Gasteiger partial charge >= 0.3 is 6.18 Å². The maximum atomic E-state index is 13.0. The summed E-state index contributed by atoms with van der Waals surface area (Å²) in [6, 6.07) is 10.2. The van der Waals surface area contributed by atoms with E-state index in [0.29, 0.717) is 28.2 Å². The monoisotopic (exact) mass is 330 g/mol. The lowest BCUT2D eigenvalue weighted by Crippen LogP contribution is -2.06. The predicted molar refractivity (Wildman–Crippen MR) is 84.9 cm³/mol. The van der Waals surface area contributed by atoms with Gasteiger partial charge in [-0.05, 0) is 31.2 Å². The van der Waals surface area contributed by atoms with Crippen LogP contribution in [0.2, 0.25) is 0 Å². The van der Waals surface area contributed by atoms with Crippen molar-refractivity contribution in [2.24, 2.45) is 0 Å². The average Bonchev–Trinajstić information content (AvgIpc) is 2.54. The Morgan fingerprint density at radius 1 is 1.00 bits per heavy atom. The van der Waals surface area contributed by atoms with Crippen molar-refractivity contribution in [3.05, 3.63) is 59.9 Å². The second kappa shape index (κ2) is 5.92. The lowest BCUT2D eigenvalue weighted by Gasteiger charge is -2.13. The number of aromatic nitrogens is 3. The molecule has 24 heavy (non-hydrogen) atoms. The predicted octanol–water partition coefficient (Wildman–Crippen LogP) is 4.12. The number of benzene rings is 1. The summed E-state index contributed by atoms with van der Waals surface area (Å²) in [5.41, 5.74) is 7.27. The van der Waals surface area contributed by atoms with E-state index in [0.717, 1.165) is 12.1 Å². The molecule has 0 saturated carbocycles. The molecule has 0 amide bonds. The third kappa shape index (κ3) is 3.05. The van der Waals surface area contributed by atoms with Crippen LogP contribution >= 0.6 is 0 Å². The quantitative estimate of drug-likeness (QED) is 0.768. The number of pyridine rings is 1. The van der Waals surface area contributed by atoms with Gasteiger partial charge in [0.05, 0.1) is 22.6 Å². The van der Waals surface area contributed by atoms with Gasteiger partial charge in [-0.3, -0.25) is 4.98 Å². The van der Waals surface area contributed by atoms with E-state index >= 15 is 0 Å². The third-order valence-electron chi connectivity index (χ3n) is 3.49. The Balaban J connectivity index is 2.25. The molecule has 0 radical (unpaired) electrons. The van der Waals surface area contributed by atoms with Crippen molar-refractivity contribution in [1.82, 2.24) is 15.0 Å². The molecule has 2 N–H and O–H groups in total. The minimum Gasteiger partial charge on any atom is -0.368 e. The van der Waals surface area contributed by atoms with Gasteiger partial charge in [-0.15, -0.1) is 0 Å². The first-order chi connectivity index (χ1) is 11.4. The normalized spacial score (nSPS) is 11.5. The molecule has 0 saturated heterocycles. The molecule has 3 rings (SSSR count). The van der Waals surface area contributed by atoms with E-state index in [1.807, 2.05) is 0 Å². The minimum atomic E-state index is -4.44. The van der Waals surface area contributed by atoms with E-state index in [2.05, 4.69) is 15.0 Å². The Morgan fingerprint density at radius 3 is 2.46 bits per heavy atom. The Kier molecular flexibility index (Phi) is 3.92. The maximum absolute atomic E-state index is 13.0. The van der Waals surface area contributed by atoms with E-state index in [4.69, 9.17) is 5.73 Å². The number of alkyl halides is 3. The number of rotatable bonds is 2. The lowest BCUT2D eigenvalue weighted by molar-refractivity contribution is -0.137. The van der Waals surface area contributed by atoms with Crippen LogP contribution in [0, 0.1) is 6.92 Å². The van der Waals surface area contributed by atoms with E-state index < -0.39 is 11.7 Å². The molecule has 1 aromatic carbocycles. The van der Waals surface area contributed by atoms with Crippen LogP contribution in [0.15, 0.2) is 48.7 Å². The number of halogens is 3. The number of aryl methyl sites for hydroxylation is 1. The number of nitrogens with two attached hydrogens (primary N) is 1. The van der Waals surface area contributed by atoms with Gasteiger partial charge in [-0.1, -0.05) is 18.2 Å². The Morgan fingerprint density at radius 2 is 1.79 bits per heavy atom. The van der Waals surface area contributed by atoms with Crippen LogP contribution in [-0.4, -0.2) is 15.0 Å². The SMILES string of the molecule is Cc1nc(N)nc(-c2cccc(C(F)(F)F)c2)c1-c1ccccn1. The molecule has 0 atom stereocenters. The Labute approximate surface area is 136 Å². The van der Waals surface area contributed by atoms with Crippen LogP contribution in [0.1, 0.15) is 11.3 Å². The van der Waals surface area contributed by atoms with Crippen molar-refractivity contribution < 1.29 is 13.2 Å². The number of hydrogen-bond acceptors (Lipinski definition) is 4. The maximum Gasteiger partial charge on any atom is 0.416 e. The second-order valence-corrected chi connectivity index (χ2v) is 5.18. The summed E-state index contributed by atoms with van der Waals surface area (Å²) in [5.74, 6) is -0.000377. The zero-order valence-electron chi connectivity index (χ0n) is 12.7. The van der Waals surface area contributed by atoms with E-state index in [1.165, 1.54) is 6.07 Å². The fourth-order valence-corrected chi connectivity index (χ4v) is 2.46. The highest BCUT2D eigenvalue weighted by molar-refractivity contribution is 5.81. The highest BCUT2D eigenvalue weighted by atomic mass is 19.4. The first-order valence-electron chi connectivity index (χ1n) is 7.09. The van der Waals surface area contributed by atoms with Gasteiger partial charge in [0.2, 0.25) is 5.95 Å². The molecule has 3 aromatic rings. The zero-order chi connectivity index (χ0) is 17.3. The van der Waals surface area contributed by atoms with Gasteiger partial charge in [0, 0.05) is 17.3 Å². The molecule has 0 aliphatic carbocycles. The highest BCUT2D eigenvalue weighted by Gasteiger charge is 2.31. The molecule has 2 aromatic heterocycles. The fourth-order valence-electron chi connectivity index (χ4n) is 2.46. The first-order valence-corrected chi connectivity index (χ1v) is 7.09. The van der Waals surface area contributed by atoms with Crippen LogP contribution in [0.3, 0.4) is 0 Å². The third-order valence-corrected chi connectivity index (χ3v) is 3.49. The van der Waals surface area contributed by atoms with E-state index in [9.17, 15) is 13.2 Å². The highest BCUT2D eigenvalue weighted by Crippen LogP contribution is 2.35. The van der Waals surface area contributed by atoms with Crippen LogP contribution in [0.5, 0.6) is 0 Å². The Hall–Kier alpha value is -2.96. The van der Waals surface area contributed by atoms with Crippen molar-refractivity contribution in [1.29, 1.82) is 0 Å². The summed E-state index contributed by atoms with van der Waals surface area (Å²) < 4.78 is 39.0. The second-order valence-electron chi connectivity index (χ2n) is 5.18. The molecule has 2 heterocycles. The molecule has 0 fully saturated rings. The van der Waals surface area contributed by atoms with Crippen LogP contribution in [-0.2, 0) is 6.18 Å². The van der Waals surface area contributed by atoms with Gasteiger partial charge in [-0.25, -0.2) is 9.97 Å². The van der Waals surface area contributed by atoms with E-state index in [1.54, 1.807) is 37.4 Å². The smallest absolute Gasteiger partial charge is 0.368 e. The number of hydrogen-bond donors (Lipinski definition) is 1. The summed E-state index contributed by atoms with van der Waals surface area (Å²) in [6.07, 6.45) is -2.84. The van der Waals surface area contributed by atoms with Gasteiger partial charge in [0.25, 0.3) is 0 Å². The van der Waals surface area contributed by atoms with Crippen molar-refractivity contribution in [2.75, 3.05) is 5.73 Å². The van der Waals surface area contributed by atoms with Crippen LogP contribution in [0.4, 0.5) is 19.1 Å². The van der Waals surface area contributed by atoms with Gasteiger partial charge in [0.1, 0.15) is 0 Å². The number of anilines is 1. The van der Waals surface area contributed by atoms with Gasteiger partial charge < -0.3 is 5.73 Å². The van der Waals surface area contributed by atoms with Crippen molar-refractivity contribution >= 4 is 5.95 Å². The Bertz CT molecular complexity index is 877. The molecule has 0 unspecified atom stereocenters. The summed E-state index contributed by atoms with van der Waals surface area (Å²) >= 11 is 0. The first kappa shape index (κ1) is 15.9. The zero-order valence-corrected chi connectivity index (χ0v) is 12.7. The van der Waals surface area contributed by atoms with Crippen molar-refractivity contribution in [3.63, 3.8) is 0 Å². The molecule has 0 bridgehead atoms. The molecule has 4 nitrogen and oxygen atoms in total. The standard InChI is InChI=1S/C17H13F3N4/c1-10-14(13-7-2-3-8-22-13)15(24-16(21)23-10)11-5-4-6-12(9-11)17(18,19)20/h2-9H,1H3,(H2,21,23,24). The summed E-state index contributed by atoms with van der Waals surface area (Å²) in [6.45, 7) is 1.72. The largest absolute Gasteiger partial charge is 0.416 e. The molecule has 0 aliphatic heterocycles.